The van der Waals surface area contributed by atoms with Gasteiger partial charge in [-0.2, -0.15) is 5.26 Å². The maximum atomic E-state index is 10.2. The number of fused-ring (bicyclic) bond motifs is 1. The average molecular weight is 306 g/mol. The summed E-state index contributed by atoms with van der Waals surface area (Å²) in [5, 5.41) is 39.0. The third kappa shape index (κ3) is 1.92. The summed E-state index contributed by atoms with van der Waals surface area (Å²) in [6, 6.07) is 1.99. The Balaban J connectivity index is 2.21. The fraction of sp³-hybridized carbons (Fsp3) is 0.417. The number of hydrogen-bond acceptors (Lipinski definition) is 9. The zero-order valence-electron chi connectivity index (χ0n) is 11.3. The highest BCUT2D eigenvalue weighted by atomic mass is 16.6. The minimum Gasteiger partial charge on any atom is -0.394 e. The summed E-state index contributed by atoms with van der Waals surface area (Å²) in [4.78, 5) is 7.95. The number of nitrogen functional groups attached to an aromatic ring is 1. The molecular formula is C12H14N6O4. The molecule has 10 heteroatoms. The Morgan fingerprint density at radius 2 is 2.23 bits per heavy atom. The molecule has 0 aliphatic carbocycles. The second-order valence-electron chi connectivity index (χ2n) is 4.84. The van der Waals surface area contributed by atoms with E-state index in [9.17, 15) is 20.6 Å². The summed E-state index contributed by atoms with van der Waals surface area (Å²) < 4.78 is 6.85. The quantitative estimate of drug-likeness (QED) is 0.325. The van der Waals surface area contributed by atoms with Gasteiger partial charge in [-0.3, -0.25) is 4.57 Å². The topological polar surface area (TPSA) is 162 Å². The van der Waals surface area contributed by atoms with Crippen LogP contribution >= 0.6 is 0 Å². The Labute approximate surface area is 124 Å². The van der Waals surface area contributed by atoms with E-state index >= 15 is 0 Å². The van der Waals surface area contributed by atoms with Gasteiger partial charge in [-0.25, -0.2) is 15.8 Å². The normalized spacial score (nSPS) is 28.0. The predicted molar refractivity (Wildman–Crippen MR) is 73.1 cm³/mol. The second kappa shape index (κ2) is 5.48. The number of nitrogens with two attached hydrogens (primary N) is 1. The van der Waals surface area contributed by atoms with Crippen molar-refractivity contribution in [2.24, 2.45) is 5.84 Å². The van der Waals surface area contributed by atoms with Crippen molar-refractivity contribution in [3.05, 3.63) is 18.1 Å². The van der Waals surface area contributed by atoms with E-state index in [1.165, 1.54) is 17.1 Å². The molecule has 10 nitrogen and oxygen atoms in total. The minimum atomic E-state index is -1.32. The van der Waals surface area contributed by atoms with Gasteiger partial charge in [0.25, 0.3) is 0 Å². The lowest BCUT2D eigenvalue weighted by Gasteiger charge is -2.20. The summed E-state index contributed by atoms with van der Waals surface area (Å²) >= 11 is 0. The van der Waals surface area contributed by atoms with Gasteiger partial charge < -0.3 is 25.5 Å². The molecule has 3 rings (SSSR count). The van der Waals surface area contributed by atoms with Crippen LogP contribution in [0, 0.1) is 11.3 Å². The van der Waals surface area contributed by atoms with E-state index in [0.29, 0.717) is 11.0 Å². The molecule has 1 saturated heterocycles. The molecule has 3 heterocycles. The van der Waals surface area contributed by atoms with E-state index < -0.39 is 31.1 Å². The van der Waals surface area contributed by atoms with Crippen LogP contribution in [-0.4, -0.2) is 54.8 Å². The summed E-state index contributed by atoms with van der Waals surface area (Å²) in [5.41, 5.74) is 2.89. The highest BCUT2D eigenvalue weighted by molar-refractivity contribution is 5.89. The number of aromatic nitrogens is 3. The molecule has 116 valence electrons. The number of nitriles is 1. The van der Waals surface area contributed by atoms with Crippen molar-refractivity contribution in [1.29, 1.82) is 5.26 Å². The van der Waals surface area contributed by atoms with Gasteiger partial charge in [0.2, 0.25) is 0 Å². The van der Waals surface area contributed by atoms with E-state index in [1.807, 2.05) is 6.07 Å². The summed E-state index contributed by atoms with van der Waals surface area (Å²) in [5.74, 6) is 5.66. The molecule has 1 aliphatic rings. The Morgan fingerprint density at radius 1 is 1.45 bits per heavy atom. The van der Waals surface area contributed by atoms with Gasteiger partial charge in [-0.05, 0) is 0 Å². The van der Waals surface area contributed by atoms with Crippen molar-refractivity contribution in [2.75, 3.05) is 12.0 Å². The molecule has 0 radical (unpaired) electrons. The Bertz CT molecular complexity index is 741. The maximum Gasteiger partial charge on any atom is 0.166 e. The molecule has 2 aromatic rings. The highest BCUT2D eigenvalue weighted by Crippen LogP contribution is 2.37. The minimum absolute atomic E-state index is 0.174. The third-order valence-corrected chi connectivity index (χ3v) is 3.69. The number of ether oxygens (including phenoxy) is 1. The molecule has 0 aromatic carbocycles. The van der Waals surface area contributed by atoms with Crippen LogP contribution in [0.3, 0.4) is 0 Å². The molecule has 4 atom stereocenters. The molecule has 2 aromatic heterocycles. The largest absolute Gasteiger partial charge is 0.394 e. The molecule has 0 spiro atoms. The number of hydrazine groups is 1. The van der Waals surface area contributed by atoms with Crippen LogP contribution in [0.25, 0.3) is 11.0 Å². The Hall–Kier alpha value is -2.29. The first kappa shape index (κ1) is 14.6. The first-order chi connectivity index (χ1) is 10.6. The van der Waals surface area contributed by atoms with Crippen molar-refractivity contribution >= 4 is 16.9 Å². The molecule has 4 unspecified atom stereocenters. The number of hydrogen-bond donors (Lipinski definition) is 5. The van der Waals surface area contributed by atoms with Crippen LogP contribution in [0.15, 0.2) is 12.5 Å². The van der Waals surface area contributed by atoms with Gasteiger partial charge in [-0.15, -0.1) is 0 Å². The molecule has 6 N–H and O–H groups in total. The number of rotatable bonds is 3. The highest BCUT2D eigenvalue weighted by Gasteiger charge is 2.45. The summed E-state index contributed by atoms with van der Waals surface area (Å²) in [6.07, 6.45) is -1.87. The van der Waals surface area contributed by atoms with E-state index in [2.05, 4.69) is 15.4 Å². The monoisotopic (exact) mass is 306 g/mol. The zero-order valence-corrected chi connectivity index (χ0v) is 11.3. The van der Waals surface area contributed by atoms with Crippen molar-refractivity contribution in [3.63, 3.8) is 0 Å². The van der Waals surface area contributed by atoms with Crippen LogP contribution in [0.5, 0.6) is 0 Å². The first-order valence-electron chi connectivity index (χ1n) is 6.47. The van der Waals surface area contributed by atoms with Gasteiger partial charge >= 0.3 is 0 Å². The Morgan fingerprint density at radius 3 is 2.82 bits per heavy atom. The number of anilines is 1. The smallest absolute Gasteiger partial charge is 0.166 e. The van der Waals surface area contributed by atoms with Crippen molar-refractivity contribution < 1.29 is 20.1 Å². The second-order valence-corrected chi connectivity index (χ2v) is 4.84. The summed E-state index contributed by atoms with van der Waals surface area (Å²) in [7, 11) is 0. The fourth-order valence-corrected chi connectivity index (χ4v) is 2.64. The number of nitrogens with one attached hydrogen (secondary N) is 1. The average Bonchev–Trinajstić information content (AvgIpc) is 3.02. The van der Waals surface area contributed by atoms with E-state index in [0.717, 1.165) is 0 Å². The fourth-order valence-electron chi connectivity index (χ4n) is 2.64. The number of aliphatic hydroxyl groups excluding tert-OH is 3. The zero-order chi connectivity index (χ0) is 15.9. The molecule has 0 bridgehead atoms. The third-order valence-electron chi connectivity index (χ3n) is 3.69. The molecule has 1 fully saturated rings. The van der Waals surface area contributed by atoms with Gasteiger partial charge in [0.15, 0.2) is 6.23 Å². The van der Waals surface area contributed by atoms with E-state index in [-0.39, 0.29) is 11.4 Å². The Kier molecular flexibility index (Phi) is 3.65. The number of nitrogens with zero attached hydrogens (tertiary/aromatic N) is 4. The van der Waals surface area contributed by atoms with Gasteiger partial charge in [0.05, 0.1) is 12.0 Å². The maximum absolute atomic E-state index is 10.2. The molecule has 0 amide bonds. The predicted octanol–water partition coefficient (Wildman–Crippen LogP) is -1.80. The number of aliphatic hydroxyl groups is 3. The molecule has 1 aliphatic heterocycles. The first-order valence-corrected chi connectivity index (χ1v) is 6.47. The van der Waals surface area contributed by atoms with E-state index in [4.69, 9.17) is 10.6 Å². The van der Waals surface area contributed by atoms with Crippen LogP contribution < -0.4 is 11.3 Å². The standard InChI is InChI=1S/C12H14N6O4/c13-1-5-6-2-15-4-16-10(6)18(11(5)17-14)12-9(21)8(20)7(3-19)22-12/h2,4,7-9,12,17,19-21H,3,14H2. The van der Waals surface area contributed by atoms with Crippen LogP contribution in [-0.2, 0) is 4.74 Å². The van der Waals surface area contributed by atoms with Crippen LogP contribution in [0.2, 0.25) is 0 Å². The van der Waals surface area contributed by atoms with E-state index in [1.54, 1.807) is 0 Å². The molecule has 0 saturated carbocycles. The summed E-state index contributed by atoms with van der Waals surface area (Å²) in [6.45, 7) is -0.459. The van der Waals surface area contributed by atoms with Crippen molar-refractivity contribution in [1.82, 2.24) is 14.5 Å². The van der Waals surface area contributed by atoms with Gasteiger partial charge in [0, 0.05) is 6.20 Å². The molecular weight excluding hydrogens is 292 g/mol. The van der Waals surface area contributed by atoms with Gasteiger partial charge in [0.1, 0.15) is 47.7 Å². The van der Waals surface area contributed by atoms with Crippen LogP contribution in [0.1, 0.15) is 11.8 Å². The lowest BCUT2D eigenvalue weighted by Crippen LogP contribution is -2.33. The lowest BCUT2D eigenvalue weighted by molar-refractivity contribution is -0.0499. The SMILES string of the molecule is N#Cc1c(NN)n(C2OC(CO)C(O)C2O)c2ncncc12. The molecule has 22 heavy (non-hydrogen) atoms. The van der Waals surface area contributed by atoms with Crippen molar-refractivity contribution in [3.8, 4) is 6.07 Å². The van der Waals surface area contributed by atoms with Crippen molar-refractivity contribution in [2.45, 2.75) is 24.5 Å². The van der Waals surface area contributed by atoms with Gasteiger partial charge in [-0.1, -0.05) is 0 Å². The van der Waals surface area contributed by atoms with Crippen LogP contribution in [0.4, 0.5) is 5.82 Å². The lowest BCUT2D eigenvalue weighted by atomic mass is 10.1.